The van der Waals surface area contributed by atoms with Gasteiger partial charge in [-0.05, 0) is 39.4 Å². The number of carbonyl (C=O) groups excluding carboxylic acids is 1. The molecule has 1 saturated heterocycles. The van der Waals surface area contributed by atoms with Crippen molar-refractivity contribution in [3.8, 4) is 0 Å². The largest absolute Gasteiger partial charge is 0.383 e. The molecule has 0 aromatic rings. The lowest BCUT2D eigenvalue weighted by Crippen LogP contribution is -2.40. The molecule has 1 aliphatic heterocycles. The normalized spacial score (nSPS) is 22.1. The maximum absolute atomic E-state index is 11.5. The molecule has 1 atom stereocenters. The molecule has 0 aromatic heterocycles. The molecule has 0 bridgehead atoms. The van der Waals surface area contributed by atoms with Crippen molar-refractivity contribution in [1.29, 1.82) is 0 Å². The summed E-state index contributed by atoms with van der Waals surface area (Å²) in [5, 5.41) is 6.14. The number of hydrogen-bond donors (Lipinski definition) is 2. The first-order valence-electron chi connectivity index (χ1n) is 6.40. The SMILES string of the molecule is COCCNC(=O)CNC1CCCN(C)CC1. The summed E-state index contributed by atoms with van der Waals surface area (Å²) < 4.78 is 4.87. The molecule has 1 unspecified atom stereocenters. The summed E-state index contributed by atoms with van der Waals surface area (Å²) >= 11 is 0. The molecule has 1 fully saturated rings. The number of rotatable bonds is 6. The van der Waals surface area contributed by atoms with Crippen LogP contribution in [0.2, 0.25) is 0 Å². The Morgan fingerprint density at radius 2 is 2.24 bits per heavy atom. The first-order valence-corrected chi connectivity index (χ1v) is 6.40. The van der Waals surface area contributed by atoms with Crippen molar-refractivity contribution in [2.45, 2.75) is 25.3 Å². The van der Waals surface area contributed by atoms with Crippen LogP contribution in [-0.2, 0) is 9.53 Å². The first-order chi connectivity index (χ1) is 8.22. The fraction of sp³-hybridized carbons (Fsp3) is 0.917. The quantitative estimate of drug-likeness (QED) is 0.636. The van der Waals surface area contributed by atoms with Crippen LogP contribution in [0.15, 0.2) is 0 Å². The van der Waals surface area contributed by atoms with E-state index in [1.807, 2.05) is 0 Å². The van der Waals surface area contributed by atoms with Crippen molar-refractivity contribution in [1.82, 2.24) is 15.5 Å². The number of nitrogens with one attached hydrogen (secondary N) is 2. The Bertz CT molecular complexity index is 224. The molecular weight excluding hydrogens is 218 g/mol. The van der Waals surface area contributed by atoms with Crippen molar-refractivity contribution in [2.24, 2.45) is 0 Å². The minimum Gasteiger partial charge on any atom is -0.383 e. The standard InChI is InChI=1S/C12H25N3O2/c1-15-7-3-4-11(5-8-15)14-10-12(16)13-6-9-17-2/h11,14H,3-10H2,1-2H3,(H,13,16). The lowest BCUT2D eigenvalue weighted by molar-refractivity contribution is -0.120. The Morgan fingerprint density at radius 3 is 3.00 bits per heavy atom. The Morgan fingerprint density at radius 1 is 1.41 bits per heavy atom. The fourth-order valence-electron chi connectivity index (χ4n) is 2.04. The second kappa shape index (κ2) is 8.44. The van der Waals surface area contributed by atoms with Crippen molar-refractivity contribution >= 4 is 5.91 Å². The van der Waals surface area contributed by atoms with E-state index in [0.29, 0.717) is 25.7 Å². The van der Waals surface area contributed by atoms with Crippen LogP contribution in [0.25, 0.3) is 0 Å². The third-order valence-corrected chi connectivity index (χ3v) is 3.13. The molecule has 17 heavy (non-hydrogen) atoms. The lowest BCUT2D eigenvalue weighted by atomic mass is 10.1. The highest BCUT2D eigenvalue weighted by atomic mass is 16.5. The van der Waals surface area contributed by atoms with Gasteiger partial charge in [0.1, 0.15) is 0 Å². The summed E-state index contributed by atoms with van der Waals surface area (Å²) in [6, 6.07) is 0.480. The number of methoxy groups -OCH3 is 1. The van der Waals surface area contributed by atoms with Crippen LogP contribution in [0, 0.1) is 0 Å². The zero-order valence-electron chi connectivity index (χ0n) is 11.0. The number of carbonyl (C=O) groups is 1. The molecule has 1 heterocycles. The van der Waals surface area contributed by atoms with Gasteiger partial charge in [0.2, 0.25) is 5.91 Å². The van der Waals surface area contributed by atoms with Gasteiger partial charge in [-0.2, -0.15) is 0 Å². The summed E-state index contributed by atoms with van der Waals surface area (Å²) in [4.78, 5) is 13.8. The highest BCUT2D eigenvalue weighted by Crippen LogP contribution is 2.08. The van der Waals surface area contributed by atoms with Crippen LogP contribution in [0.1, 0.15) is 19.3 Å². The Labute approximate surface area is 104 Å². The zero-order valence-corrected chi connectivity index (χ0v) is 11.0. The van der Waals surface area contributed by atoms with E-state index in [1.165, 1.54) is 6.42 Å². The van der Waals surface area contributed by atoms with Crippen LogP contribution >= 0.6 is 0 Å². The van der Waals surface area contributed by atoms with Gasteiger partial charge in [-0.15, -0.1) is 0 Å². The highest BCUT2D eigenvalue weighted by Gasteiger charge is 2.14. The zero-order chi connectivity index (χ0) is 12.5. The summed E-state index contributed by atoms with van der Waals surface area (Å²) in [6.07, 6.45) is 3.50. The van der Waals surface area contributed by atoms with Gasteiger partial charge in [-0.3, -0.25) is 4.79 Å². The molecule has 0 spiro atoms. The predicted molar refractivity (Wildman–Crippen MR) is 68.0 cm³/mol. The van der Waals surface area contributed by atoms with E-state index in [1.54, 1.807) is 7.11 Å². The topological polar surface area (TPSA) is 53.6 Å². The van der Waals surface area contributed by atoms with Gasteiger partial charge in [0.05, 0.1) is 13.2 Å². The summed E-state index contributed by atoms with van der Waals surface area (Å²) in [7, 11) is 3.78. The third-order valence-electron chi connectivity index (χ3n) is 3.13. The van der Waals surface area contributed by atoms with E-state index < -0.39 is 0 Å². The average molecular weight is 243 g/mol. The van der Waals surface area contributed by atoms with Gasteiger partial charge in [0, 0.05) is 19.7 Å². The Hall–Kier alpha value is -0.650. The Kier molecular flexibility index (Phi) is 7.16. The lowest BCUT2D eigenvalue weighted by Gasteiger charge is -2.16. The third kappa shape index (κ3) is 6.61. The van der Waals surface area contributed by atoms with Crippen LogP contribution in [0.4, 0.5) is 0 Å². The number of hydrogen-bond acceptors (Lipinski definition) is 4. The predicted octanol–water partition coefficient (Wildman–Crippen LogP) is -0.177. The molecule has 1 aliphatic rings. The summed E-state index contributed by atoms with van der Waals surface area (Å²) in [5.74, 6) is 0.0552. The van der Waals surface area contributed by atoms with Crippen molar-refractivity contribution in [3.63, 3.8) is 0 Å². The van der Waals surface area contributed by atoms with Gasteiger partial charge in [-0.1, -0.05) is 0 Å². The smallest absolute Gasteiger partial charge is 0.234 e. The van der Waals surface area contributed by atoms with Gasteiger partial charge >= 0.3 is 0 Å². The number of likely N-dealkylation sites (tertiary alicyclic amines) is 1. The maximum atomic E-state index is 11.5. The molecule has 0 aliphatic carbocycles. The van der Waals surface area contributed by atoms with Crippen LogP contribution in [-0.4, -0.2) is 63.8 Å². The fourth-order valence-corrected chi connectivity index (χ4v) is 2.04. The average Bonchev–Trinajstić information content (AvgIpc) is 2.52. The molecule has 0 saturated carbocycles. The highest BCUT2D eigenvalue weighted by molar-refractivity contribution is 5.77. The van der Waals surface area contributed by atoms with Crippen LogP contribution in [0.3, 0.4) is 0 Å². The second-order valence-electron chi connectivity index (χ2n) is 4.65. The van der Waals surface area contributed by atoms with E-state index in [9.17, 15) is 4.79 Å². The van der Waals surface area contributed by atoms with Gasteiger partial charge in [0.25, 0.3) is 0 Å². The molecular formula is C12H25N3O2. The van der Waals surface area contributed by atoms with E-state index in [4.69, 9.17) is 4.74 Å². The van der Waals surface area contributed by atoms with Gasteiger partial charge < -0.3 is 20.3 Å². The summed E-state index contributed by atoms with van der Waals surface area (Å²) in [6.45, 7) is 3.85. The first kappa shape index (κ1) is 14.4. The van der Waals surface area contributed by atoms with Crippen molar-refractivity contribution < 1.29 is 9.53 Å². The van der Waals surface area contributed by atoms with E-state index in [0.717, 1.165) is 25.9 Å². The van der Waals surface area contributed by atoms with Crippen LogP contribution < -0.4 is 10.6 Å². The monoisotopic (exact) mass is 243 g/mol. The van der Waals surface area contributed by atoms with E-state index >= 15 is 0 Å². The van der Waals surface area contributed by atoms with Crippen molar-refractivity contribution in [2.75, 3.05) is 46.9 Å². The van der Waals surface area contributed by atoms with E-state index in [-0.39, 0.29) is 5.91 Å². The molecule has 5 heteroatoms. The maximum Gasteiger partial charge on any atom is 0.234 e. The molecule has 1 rings (SSSR count). The molecule has 2 N–H and O–H groups in total. The molecule has 1 amide bonds. The second-order valence-corrected chi connectivity index (χ2v) is 4.65. The molecule has 0 aromatic carbocycles. The molecule has 0 radical (unpaired) electrons. The molecule has 5 nitrogen and oxygen atoms in total. The number of nitrogens with zero attached hydrogens (tertiary/aromatic N) is 1. The van der Waals surface area contributed by atoms with Crippen molar-refractivity contribution in [3.05, 3.63) is 0 Å². The minimum atomic E-state index is 0.0552. The van der Waals surface area contributed by atoms with Gasteiger partial charge in [0.15, 0.2) is 0 Å². The number of ether oxygens (including phenoxy) is 1. The Balaban J connectivity index is 2.10. The van der Waals surface area contributed by atoms with Crippen LogP contribution in [0.5, 0.6) is 0 Å². The summed E-state index contributed by atoms with van der Waals surface area (Å²) in [5.41, 5.74) is 0. The van der Waals surface area contributed by atoms with Gasteiger partial charge in [-0.25, -0.2) is 0 Å². The minimum absolute atomic E-state index is 0.0552. The molecule has 100 valence electrons. The van der Waals surface area contributed by atoms with E-state index in [2.05, 4.69) is 22.6 Å². The number of amides is 1.